The Bertz CT molecular complexity index is 562. The van der Waals surface area contributed by atoms with Crippen molar-refractivity contribution in [1.29, 1.82) is 0 Å². The molecule has 1 unspecified atom stereocenters. The van der Waals surface area contributed by atoms with Gasteiger partial charge in [-0.15, -0.1) is 0 Å². The Labute approximate surface area is 107 Å². The standard InChI is InChI=1S/C14H17N3O/c1-10-5-4-8-17-14(10)15-13(16-17)11-6-3-7-12(9-11)18-2/h3,6-7,9-10H,4-5,8H2,1-2H3. The maximum Gasteiger partial charge on any atom is 0.181 e. The highest BCUT2D eigenvalue weighted by Gasteiger charge is 2.21. The molecule has 2 aromatic rings. The number of benzene rings is 1. The zero-order valence-electron chi connectivity index (χ0n) is 10.8. The summed E-state index contributed by atoms with van der Waals surface area (Å²) in [4.78, 5) is 4.67. The predicted octanol–water partition coefficient (Wildman–Crippen LogP) is 2.85. The first-order valence-electron chi connectivity index (χ1n) is 6.37. The van der Waals surface area contributed by atoms with E-state index in [0.29, 0.717) is 5.92 Å². The Balaban J connectivity index is 2.01. The molecule has 1 atom stereocenters. The molecule has 94 valence electrons. The predicted molar refractivity (Wildman–Crippen MR) is 69.7 cm³/mol. The van der Waals surface area contributed by atoms with Gasteiger partial charge in [-0.3, -0.25) is 0 Å². The molecule has 4 nitrogen and oxygen atoms in total. The lowest BCUT2D eigenvalue weighted by Gasteiger charge is -2.17. The average molecular weight is 243 g/mol. The molecule has 3 rings (SSSR count). The SMILES string of the molecule is COc1cccc(-c2nc3n(n2)CCCC3C)c1. The summed E-state index contributed by atoms with van der Waals surface area (Å²) in [7, 11) is 1.67. The van der Waals surface area contributed by atoms with E-state index in [2.05, 4.69) is 17.0 Å². The number of hydrogen-bond donors (Lipinski definition) is 0. The van der Waals surface area contributed by atoms with Crippen LogP contribution in [0, 0.1) is 0 Å². The summed E-state index contributed by atoms with van der Waals surface area (Å²) < 4.78 is 7.28. The monoisotopic (exact) mass is 243 g/mol. The quantitative estimate of drug-likeness (QED) is 0.814. The number of rotatable bonds is 2. The fourth-order valence-corrected chi connectivity index (χ4v) is 2.44. The van der Waals surface area contributed by atoms with E-state index in [9.17, 15) is 0 Å². The maximum absolute atomic E-state index is 5.24. The summed E-state index contributed by atoms with van der Waals surface area (Å²) in [5, 5.41) is 4.60. The van der Waals surface area contributed by atoms with Gasteiger partial charge in [0.05, 0.1) is 7.11 Å². The summed E-state index contributed by atoms with van der Waals surface area (Å²) in [6, 6.07) is 7.90. The molecule has 1 aromatic heterocycles. The van der Waals surface area contributed by atoms with Crippen molar-refractivity contribution < 1.29 is 4.74 Å². The minimum Gasteiger partial charge on any atom is -0.497 e. The number of nitrogens with zero attached hydrogens (tertiary/aromatic N) is 3. The van der Waals surface area contributed by atoms with Crippen LogP contribution in [0.1, 0.15) is 31.5 Å². The Morgan fingerprint density at radius 3 is 3.06 bits per heavy atom. The highest BCUT2D eigenvalue weighted by atomic mass is 16.5. The van der Waals surface area contributed by atoms with Gasteiger partial charge in [-0.05, 0) is 25.0 Å². The van der Waals surface area contributed by atoms with Crippen LogP contribution in [-0.2, 0) is 6.54 Å². The van der Waals surface area contributed by atoms with Crippen LogP contribution in [0.15, 0.2) is 24.3 Å². The molecule has 1 aliphatic heterocycles. The Hall–Kier alpha value is -1.84. The van der Waals surface area contributed by atoms with Crippen molar-refractivity contribution in [3.63, 3.8) is 0 Å². The molecule has 0 spiro atoms. The molecular formula is C14H17N3O. The van der Waals surface area contributed by atoms with Crippen LogP contribution in [0.25, 0.3) is 11.4 Å². The first kappa shape index (κ1) is 11.3. The van der Waals surface area contributed by atoms with Gasteiger partial charge in [-0.1, -0.05) is 19.1 Å². The second kappa shape index (κ2) is 4.44. The third-order valence-corrected chi connectivity index (χ3v) is 3.48. The minimum atomic E-state index is 0.505. The molecule has 0 amide bonds. The van der Waals surface area contributed by atoms with Crippen LogP contribution >= 0.6 is 0 Å². The molecule has 0 saturated carbocycles. The number of aryl methyl sites for hydroxylation is 1. The van der Waals surface area contributed by atoms with Crippen molar-refractivity contribution in [1.82, 2.24) is 14.8 Å². The molecular weight excluding hydrogens is 226 g/mol. The topological polar surface area (TPSA) is 39.9 Å². The lowest BCUT2D eigenvalue weighted by molar-refractivity contribution is 0.415. The van der Waals surface area contributed by atoms with Gasteiger partial charge in [0.25, 0.3) is 0 Å². The van der Waals surface area contributed by atoms with E-state index in [1.54, 1.807) is 7.11 Å². The molecule has 0 fully saturated rings. The van der Waals surface area contributed by atoms with Crippen LogP contribution in [0.2, 0.25) is 0 Å². The van der Waals surface area contributed by atoms with E-state index in [0.717, 1.165) is 29.5 Å². The fourth-order valence-electron chi connectivity index (χ4n) is 2.44. The number of fused-ring (bicyclic) bond motifs is 1. The molecule has 0 saturated heterocycles. The smallest absolute Gasteiger partial charge is 0.181 e. The number of ether oxygens (including phenoxy) is 1. The molecule has 0 N–H and O–H groups in total. The third-order valence-electron chi connectivity index (χ3n) is 3.48. The van der Waals surface area contributed by atoms with E-state index in [4.69, 9.17) is 4.74 Å². The number of hydrogen-bond acceptors (Lipinski definition) is 3. The van der Waals surface area contributed by atoms with Crippen molar-refractivity contribution in [2.75, 3.05) is 7.11 Å². The summed E-state index contributed by atoms with van der Waals surface area (Å²) in [5.74, 6) is 3.26. The second-order valence-corrected chi connectivity index (χ2v) is 4.79. The summed E-state index contributed by atoms with van der Waals surface area (Å²) >= 11 is 0. The zero-order chi connectivity index (χ0) is 12.5. The van der Waals surface area contributed by atoms with Gasteiger partial charge in [0.15, 0.2) is 5.82 Å². The van der Waals surface area contributed by atoms with Crippen LogP contribution < -0.4 is 4.74 Å². The lowest BCUT2D eigenvalue weighted by atomic mass is 10.0. The van der Waals surface area contributed by atoms with Gasteiger partial charge in [-0.2, -0.15) is 5.10 Å². The first-order valence-corrected chi connectivity index (χ1v) is 6.37. The van der Waals surface area contributed by atoms with Gasteiger partial charge in [0, 0.05) is 18.0 Å². The van der Waals surface area contributed by atoms with E-state index < -0.39 is 0 Å². The molecule has 18 heavy (non-hydrogen) atoms. The van der Waals surface area contributed by atoms with E-state index in [1.807, 2.05) is 28.9 Å². The van der Waals surface area contributed by atoms with E-state index in [1.165, 1.54) is 12.8 Å². The third kappa shape index (κ3) is 1.88. The fraction of sp³-hybridized carbons (Fsp3) is 0.429. The number of methoxy groups -OCH3 is 1. The Morgan fingerprint density at radius 1 is 1.39 bits per heavy atom. The maximum atomic E-state index is 5.24. The average Bonchev–Trinajstić information content (AvgIpc) is 2.84. The molecule has 4 heteroatoms. The van der Waals surface area contributed by atoms with Crippen molar-refractivity contribution in [2.24, 2.45) is 0 Å². The number of aromatic nitrogens is 3. The Kier molecular flexibility index (Phi) is 2.78. The van der Waals surface area contributed by atoms with E-state index >= 15 is 0 Å². The second-order valence-electron chi connectivity index (χ2n) is 4.79. The molecule has 1 aliphatic rings. The van der Waals surface area contributed by atoms with Gasteiger partial charge in [-0.25, -0.2) is 9.67 Å². The summed E-state index contributed by atoms with van der Waals surface area (Å²) in [6.07, 6.45) is 2.39. The Morgan fingerprint density at radius 2 is 2.28 bits per heavy atom. The van der Waals surface area contributed by atoms with Gasteiger partial charge < -0.3 is 4.74 Å². The van der Waals surface area contributed by atoms with Crippen LogP contribution in [0.5, 0.6) is 5.75 Å². The summed E-state index contributed by atoms with van der Waals surface area (Å²) in [5.41, 5.74) is 1.02. The highest BCUT2D eigenvalue weighted by Crippen LogP contribution is 2.28. The summed E-state index contributed by atoms with van der Waals surface area (Å²) in [6.45, 7) is 3.20. The normalized spacial score (nSPS) is 18.4. The largest absolute Gasteiger partial charge is 0.497 e. The van der Waals surface area contributed by atoms with Gasteiger partial charge >= 0.3 is 0 Å². The van der Waals surface area contributed by atoms with E-state index in [-0.39, 0.29) is 0 Å². The van der Waals surface area contributed by atoms with Gasteiger partial charge in [0.2, 0.25) is 0 Å². The van der Waals surface area contributed by atoms with Crippen molar-refractivity contribution in [3.05, 3.63) is 30.1 Å². The highest BCUT2D eigenvalue weighted by molar-refractivity contribution is 5.57. The lowest BCUT2D eigenvalue weighted by Crippen LogP contribution is -2.14. The van der Waals surface area contributed by atoms with Crippen molar-refractivity contribution >= 4 is 0 Å². The molecule has 1 aromatic carbocycles. The van der Waals surface area contributed by atoms with Crippen LogP contribution in [0.4, 0.5) is 0 Å². The molecule has 0 bridgehead atoms. The van der Waals surface area contributed by atoms with Crippen molar-refractivity contribution in [3.8, 4) is 17.1 Å². The molecule has 2 heterocycles. The minimum absolute atomic E-state index is 0.505. The van der Waals surface area contributed by atoms with Gasteiger partial charge in [0.1, 0.15) is 11.6 Å². The molecule has 0 radical (unpaired) electrons. The van der Waals surface area contributed by atoms with Crippen molar-refractivity contribution in [2.45, 2.75) is 32.2 Å². The zero-order valence-corrected chi connectivity index (χ0v) is 10.8. The first-order chi connectivity index (χ1) is 8.78. The molecule has 0 aliphatic carbocycles. The van der Waals surface area contributed by atoms with Crippen LogP contribution in [-0.4, -0.2) is 21.9 Å². The van der Waals surface area contributed by atoms with Crippen LogP contribution in [0.3, 0.4) is 0 Å².